The quantitative estimate of drug-likeness (QED) is 0.732. The lowest BCUT2D eigenvalue weighted by Crippen LogP contribution is -2.24. The van der Waals surface area contributed by atoms with Crippen LogP contribution in [0.15, 0.2) is 6.20 Å². The number of nitrogens with one attached hydrogen (secondary N) is 1. The average molecular weight is 265 g/mol. The van der Waals surface area contributed by atoms with Crippen LogP contribution < -0.4 is 5.32 Å². The van der Waals surface area contributed by atoms with Gasteiger partial charge in [-0.15, -0.1) is 0 Å². The van der Waals surface area contributed by atoms with Crippen molar-refractivity contribution < 1.29 is 0 Å². The zero-order chi connectivity index (χ0) is 14.3. The lowest BCUT2D eigenvalue weighted by molar-refractivity contribution is 0.356. The fourth-order valence-corrected chi connectivity index (χ4v) is 2.74. The molecule has 0 aromatic carbocycles. The molecule has 0 saturated carbocycles. The first-order valence-electron chi connectivity index (χ1n) is 7.85. The second-order valence-corrected chi connectivity index (χ2v) is 5.57. The first-order chi connectivity index (χ1) is 9.13. The number of aromatic nitrogens is 2. The summed E-state index contributed by atoms with van der Waals surface area (Å²) in [5.41, 5.74) is 2.66. The molecule has 1 aromatic rings. The zero-order valence-electron chi connectivity index (χ0n) is 13.4. The second kappa shape index (κ2) is 8.36. The van der Waals surface area contributed by atoms with E-state index < -0.39 is 0 Å². The van der Waals surface area contributed by atoms with Crippen molar-refractivity contribution in [2.45, 2.75) is 65.8 Å². The summed E-state index contributed by atoms with van der Waals surface area (Å²) < 4.78 is 1.98. The molecule has 2 atom stereocenters. The maximum atomic E-state index is 4.39. The standard InChI is InChI=1S/C16H31N3/c1-6-9-10-14(7-2)11-16(17-8-3)15-12-18-19(5)13(15)4/h12,14,16-17H,6-11H2,1-5H3. The summed E-state index contributed by atoms with van der Waals surface area (Å²) in [7, 11) is 2.02. The van der Waals surface area contributed by atoms with Gasteiger partial charge in [0.2, 0.25) is 0 Å². The highest BCUT2D eigenvalue weighted by atomic mass is 15.3. The Morgan fingerprint density at radius 3 is 2.53 bits per heavy atom. The molecule has 2 unspecified atom stereocenters. The molecule has 3 heteroatoms. The summed E-state index contributed by atoms with van der Waals surface area (Å²) in [5, 5.41) is 8.03. The molecule has 110 valence electrons. The highest BCUT2D eigenvalue weighted by Gasteiger charge is 2.19. The van der Waals surface area contributed by atoms with E-state index in [2.05, 4.69) is 38.1 Å². The molecule has 0 aliphatic rings. The number of aryl methyl sites for hydroxylation is 1. The Labute approximate surface area is 118 Å². The van der Waals surface area contributed by atoms with Crippen LogP contribution in [0.25, 0.3) is 0 Å². The minimum atomic E-state index is 0.459. The number of rotatable bonds is 9. The summed E-state index contributed by atoms with van der Waals surface area (Å²) >= 11 is 0. The Hall–Kier alpha value is -0.830. The molecule has 0 amide bonds. The van der Waals surface area contributed by atoms with E-state index in [1.807, 2.05) is 17.9 Å². The maximum absolute atomic E-state index is 4.39. The van der Waals surface area contributed by atoms with E-state index in [4.69, 9.17) is 0 Å². The van der Waals surface area contributed by atoms with Crippen molar-refractivity contribution in [3.63, 3.8) is 0 Å². The van der Waals surface area contributed by atoms with Crippen LogP contribution in [0.3, 0.4) is 0 Å². The average Bonchev–Trinajstić information content (AvgIpc) is 2.74. The molecule has 0 bridgehead atoms. The van der Waals surface area contributed by atoms with Crippen LogP contribution in [-0.4, -0.2) is 16.3 Å². The van der Waals surface area contributed by atoms with Crippen molar-refractivity contribution in [1.29, 1.82) is 0 Å². The first kappa shape index (κ1) is 16.2. The lowest BCUT2D eigenvalue weighted by Gasteiger charge is -2.23. The van der Waals surface area contributed by atoms with Crippen LogP contribution in [0.5, 0.6) is 0 Å². The van der Waals surface area contributed by atoms with E-state index >= 15 is 0 Å². The van der Waals surface area contributed by atoms with Crippen molar-refractivity contribution in [3.8, 4) is 0 Å². The third kappa shape index (κ3) is 4.64. The molecule has 0 fully saturated rings. The highest BCUT2D eigenvalue weighted by molar-refractivity contribution is 5.20. The van der Waals surface area contributed by atoms with Gasteiger partial charge in [-0.25, -0.2) is 0 Å². The Morgan fingerprint density at radius 1 is 1.32 bits per heavy atom. The van der Waals surface area contributed by atoms with Crippen molar-refractivity contribution in [3.05, 3.63) is 17.5 Å². The van der Waals surface area contributed by atoms with Crippen LogP contribution >= 0.6 is 0 Å². The third-order valence-electron chi connectivity index (χ3n) is 4.21. The van der Waals surface area contributed by atoms with Crippen molar-refractivity contribution in [1.82, 2.24) is 15.1 Å². The van der Waals surface area contributed by atoms with Gasteiger partial charge in [0.15, 0.2) is 0 Å². The molecule has 19 heavy (non-hydrogen) atoms. The number of hydrogen-bond donors (Lipinski definition) is 1. The summed E-state index contributed by atoms with van der Waals surface area (Å²) in [4.78, 5) is 0. The van der Waals surface area contributed by atoms with Crippen LogP contribution in [-0.2, 0) is 7.05 Å². The van der Waals surface area contributed by atoms with E-state index in [1.165, 1.54) is 43.4 Å². The number of hydrogen-bond acceptors (Lipinski definition) is 2. The van der Waals surface area contributed by atoms with Crippen molar-refractivity contribution in [2.24, 2.45) is 13.0 Å². The fraction of sp³-hybridized carbons (Fsp3) is 0.812. The molecule has 1 N–H and O–H groups in total. The van der Waals surface area contributed by atoms with Gasteiger partial charge in [0.25, 0.3) is 0 Å². The van der Waals surface area contributed by atoms with Gasteiger partial charge in [0.1, 0.15) is 0 Å². The monoisotopic (exact) mass is 265 g/mol. The Bertz CT molecular complexity index is 357. The van der Waals surface area contributed by atoms with Crippen LogP contribution in [0, 0.1) is 12.8 Å². The van der Waals surface area contributed by atoms with Gasteiger partial charge in [-0.05, 0) is 25.8 Å². The SMILES string of the molecule is CCCCC(CC)CC(NCC)c1cnn(C)c1C. The summed E-state index contributed by atoms with van der Waals surface area (Å²) in [6.45, 7) is 9.97. The van der Waals surface area contributed by atoms with Gasteiger partial charge < -0.3 is 5.32 Å². The lowest BCUT2D eigenvalue weighted by atomic mass is 9.89. The molecule has 1 rings (SSSR count). The Kier molecular flexibility index (Phi) is 7.14. The molecule has 0 aliphatic carbocycles. The molecule has 0 aliphatic heterocycles. The number of nitrogens with zero attached hydrogens (tertiary/aromatic N) is 2. The highest BCUT2D eigenvalue weighted by Crippen LogP contribution is 2.28. The van der Waals surface area contributed by atoms with Gasteiger partial charge in [0, 0.05) is 24.3 Å². The van der Waals surface area contributed by atoms with E-state index in [-0.39, 0.29) is 0 Å². The smallest absolute Gasteiger partial charge is 0.0540 e. The van der Waals surface area contributed by atoms with E-state index in [1.54, 1.807) is 0 Å². The Balaban J connectivity index is 2.73. The molecule has 1 aromatic heterocycles. The maximum Gasteiger partial charge on any atom is 0.0540 e. The zero-order valence-corrected chi connectivity index (χ0v) is 13.4. The Morgan fingerprint density at radius 2 is 2.05 bits per heavy atom. The van der Waals surface area contributed by atoms with Crippen molar-refractivity contribution in [2.75, 3.05) is 6.54 Å². The summed E-state index contributed by atoms with van der Waals surface area (Å²) in [6.07, 6.45) is 8.55. The van der Waals surface area contributed by atoms with E-state index in [0.29, 0.717) is 6.04 Å². The summed E-state index contributed by atoms with van der Waals surface area (Å²) in [5.74, 6) is 0.823. The first-order valence-corrected chi connectivity index (χ1v) is 7.85. The topological polar surface area (TPSA) is 29.9 Å². The van der Waals surface area contributed by atoms with Gasteiger partial charge >= 0.3 is 0 Å². The number of unbranched alkanes of at least 4 members (excludes halogenated alkanes) is 1. The van der Waals surface area contributed by atoms with Gasteiger partial charge in [0.05, 0.1) is 6.20 Å². The van der Waals surface area contributed by atoms with E-state index in [9.17, 15) is 0 Å². The van der Waals surface area contributed by atoms with Crippen LogP contribution in [0.1, 0.15) is 70.2 Å². The molecule has 0 spiro atoms. The van der Waals surface area contributed by atoms with Gasteiger partial charge in [-0.2, -0.15) is 5.10 Å². The second-order valence-electron chi connectivity index (χ2n) is 5.57. The summed E-state index contributed by atoms with van der Waals surface area (Å²) in [6, 6.07) is 0.459. The van der Waals surface area contributed by atoms with Gasteiger partial charge in [-0.3, -0.25) is 4.68 Å². The van der Waals surface area contributed by atoms with Crippen LogP contribution in [0.4, 0.5) is 0 Å². The molecule has 0 radical (unpaired) electrons. The predicted molar refractivity (Wildman–Crippen MR) is 82.3 cm³/mol. The molecular formula is C16H31N3. The largest absolute Gasteiger partial charge is 0.310 e. The van der Waals surface area contributed by atoms with E-state index in [0.717, 1.165) is 12.5 Å². The fourth-order valence-electron chi connectivity index (χ4n) is 2.74. The molecule has 3 nitrogen and oxygen atoms in total. The minimum Gasteiger partial charge on any atom is -0.310 e. The predicted octanol–water partition coefficient (Wildman–Crippen LogP) is 3.99. The third-order valence-corrected chi connectivity index (χ3v) is 4.21. The molecule has 0 saturated heterocycles. The van der Waals surface area contributed by atoms with Gasteiger partial charge in [-0.1, -0.05) is 46.5 Å². The molecule has 1 heterocycles. The molecular weight excluding hydrogens is 234 g/mol. The minimum absolute atomic E-state index is 0.459. The normalized spacial score (nSPS) is 14.6. The van der Waals surface area contributed by atoms with Crippen LogP contribution in [0.2, 0.25) is 0 Å². The van der Waals surface area contributed by atoms with Crippen molar-refractivity contribution >= 4 is 0 Å².